The van der Waals surface area contributed by atoms with Gasteiger partial charge >= 0.3 is 0 Å². The van der Waals surface area contributed by atoms with Crippen LogP contribution in [0.15, 0.2) is 35.2 Å². The molecule has 0 fully saturated rings. The van der Waals surface area contributed by atoms with E-state index < -0.39 is 21.0 Å². The van der Waals surface area contributed by atoms with Crippen LogP contribution < -0.4 is 24.8 Å². The van der Waals surface area contributed by atoms with Crippen LogP contribution in [0.25, 0.3) is 0 Å². The fourth-order valence-electron chi connectivity index (χ4n) is 3.00. The molecule has 2 aromatic rings. The van der Waals surface area contributed by atoms with Gasteiger partial charge in [0.05, 0.1) is 40.8 Å². The minimum Gasteiger partial charge on any atom is -0.495 e. The van der Waals surface area contributed by atoms with Crippen molar-refractivity contribution in [1.82, 2.24) is 0 Å². The monoisotopic (exact) mass is 468 g/mol. The maximum atomic E-state index is 13.0. The molecule has 0 saturated heterocycles. The number of amides is 2. The van der Waals surface area contributed by atoms with E-state index in [0.29, 0.717) is 17.2 Å². The van der Waals surface area contributed by atoms with Crippen molar-refractivity contribution in [3.63, 3.8) is 0 Å². The molecular formula is C20H21ClN2O7S. The van der Waals surface area contributed by atoms with Gasteiger partial charge in [0.15, 0.2) is 16.4 Å². The van der Waals surface area contributed by atoms with Gasteiger partial charge in [-0.2, -0.15) is 0 Å². The molecule has 166 valence electrons. The molecule has 0 radical (unpaired) electrons. The van der Waals surface area contributed by atoms with Crippen LogP contribution in [0, 0.1) is 0 Å². The average Bonchev–Trinajstić information content (AvgIpc) is 2.73. The SMILES string of the molecule is COc1cc(OC)c(NC(=O)C[C@H](C)S(=O)(=O)c2ccc3c(c2)NC(=O)CO3)cc1Cl. The molecule has 0 spiro atoms. The summed E-state index contributed by atoms with van der Waals surface area (Å²) in [4.78, 5) is 24.0. The molecule has 9 nitrogen and oxygen atoms in total. The first-order chi connectivity index (χ1) is 14.6. The van der Waals surface area contributed by atoms with E-state index in [0.717, 1.165) is 0 Å². The number of benzene rings is 2. The lowest BCUT2D eigenvalue weighted by Crippen LogP contribution is -2.27. The van der Waals surface area contributed by atoms with Crippen molar-refractivity contribution in [2.45, 2.75) is 23.5 Å². The maximum absolute atomic E-state index is 13.0. The summed E-state index contributed by atoms with van der Waals surface area (Å²) >= 11 is 6.10. The third-order valence-corrected chi connectivity index (χ3v) is 7.10. The first kappa shape index (κ1) is 22.7. The lowest BCUT2D eigenvalue weighted by atomic mass is 10.2. The Morgan fingerprint density at radius 2 is 1.94 bits per heavy atom. The maximum Gasteiger partial charge on any atom is 0.262 e. The molecule has 2 N–H and O–H groups in total. The Labute approximate surface area is 184 Å². The molecular weight excluding hydrogens is 448 g/mol. The predicted octanol–water partition coefficient (Wildman–Crippen LogP) is 2.88. The van der Waals surface area contributed by atoms with Crippen LogP contribution in [0.5, 0.6) is 17.2 Å². The van der Waals surface area contributed by atoms with Crippen LogP contribution in [0.1, 0.15) is 13.3 Å². The van der Waals surface area contributed by atoms with Crippen molar-refractivity contribution in [2.24, 2.45) is 0 Å². The van der Waals surface area contributed by atoms with Crippen LogP contribution in [0.3, 0.4) is 0 Å². The second-order valence-electron chi connectivity index (χ2n) is 6.79. The van der Waals surface area contributed by atoms with Gasteiger partial charge < -0.3 is 24.8 Å². The molecule has 0 aromatic heterocycles. The Hall–Kier alpha value is -2.98. The van der Waals surface area contributed by atoms with E-state index in [1.165, 1.54) is 51.5 Å². The van der Waals surface area contributed by atoms with Gasteiger partial charge in [-0.1, -0.05) is 11.6 Å². The minimum atomic E-state index is -3.86. The van der Waals surface area contributed by atoms with Crippen molar-refractivity contribution in [2.75, 3.05) is 31.5 Å². The van der Waals surface area contributed by atoms with E-state index in [9.17, 15) is 18.0 Å². The summed E-state index contributed by atoms with van der Waals surface area (Å²) in [5, 5.41) is 4.41. The van der Waals surface area contributed by atoms with Gasteiger partial charge in [0.2, 0.25) is 5.91 Å². The number of fused-ring (bicyclic) bond motifs is 1. The molecule has 0 aliphatic carbocycles. The Kier molecular flexibility index (Phi) is 6.61. The van der Waals surface area contributed by atoms with Gasteiger partial charge in [0, 0.05) is 12.5 Å². The average molecular weight is 469 g/mol. The fourth-order valence-corrected chi connectivity index (χ4v) is 4.62. The van der Waals surface area contributed by atoms with E-state index in [-0.39, 0.29) is 40.2 Å². The molecule has 1 heterocycles. The van der Waals surface area contributed by atoms with E-state index in [1.54, 1.807) is 0 Å². The number of carbonyl (C=O) groups excluding carboxylic acids is 2. The molecule has 3 rings (SSSR count). The largest absolute Gasteiger partial charge is 0.495 e. The summed E-state index contributed by atoms with van der Waals surface area (Å²) in [7, 11) is -0.988. The minimum absolute atomic E-state index is 0.0255. The number of halogens is 1. The summed E-state index contributed by atoms with van der Waals surface area (Å²) in [6.45, 7) is 1.30. The number of anilines is 2. The van der Waals surface area contributed by atoms with Crippen LogP contribution in [0.4, 0.5) is 11.4 Å². The highest BCUT2D eigenvalue weighted by Crippen LogP contribution is 2.36. The zero-order valence-corrected chi connectivity index (χ0v) is 18.6. The second-order valence-corrected chi connectivity index (χ2v) is 9.56. The number of sulfone groups is 1. The van der Waals surface area contributed by atoms with Gasteiger partial charge in [-0.25, -0.2) is 8.42 Å². The van der Waals surface area contributed by atoms with E-state index in [1.807, 2.05) is 0 Å². The Balaban J connectivity index is 1.76. The van der Waals surface area contributed by atoms with Crippen LogP contribution in [-0.4, -0.2) is 46.3 Å². The van der Waals surface area contributed by atoms with Crippen LogP contribution in [0.2, 0.25) is 5.02 Å². The van der Waals surface area contributed by atoms with Gasteiger partial charge in [-0.15, -0.1) is 0 Å². The molecule has 1 aliphatic rings. The highest BCUT2D eigenvalue weighted by molar-refractivity contribution is 7.92. The van der Waals surface area contributed by atoms with E-state index in [2.05, 4.69) is 10.6 Å². The Bertz CT molecular complexity index is 1130. The van der Waals surface area contributed by atoms with Gasteiger partial charge in [0.1, 0.15) is 17.2 Å². The highest BCUT2D eigenvalue weighted by atomic mass is 35.5. The number of hydrogen-bond donors (Lipinski definition) is 2. The number of ether oxygens (including phenoxy) is 3. The summed E-state index contributed by atoms with van der Waals surface area (Å²) in [6.07, 6.45) is -0.310. The van der Waals surface area contributed by atoms with Crippen molar-refractivity contribution >= 4 is 44.6 Å². The third-order valence-electron chi connectivity index (χ3n) is 4.66. The first-order valence-corrected chi connectivity index (χ1v) is 11.1. The third kappa shape index (κ3) is 4.86. The molecule has 2 aromatic carbocycles. The van der Waals surface area contributed by atoms with Crippen molar-refractivity contribution < 1.29 is 32.2 Å². The summed E-state index contributed by atoms with van der Waals surface area (Å²) in [5.41, 5.74) is 0.558. The van der Waals surface area contributed by atoms with E-state index >= 15 is 0 Å². The summed E-state index contributed by atoms with van der Waals surface area (Å²) in [6, 6.07) is 7.15. The van der Waals surface area contributed by atoms with Crippen molar-refractivity contribution in [3.05, 3.63) is 35.4 Å². The number of hydrogen-bond acceptors (Lipinski definition) is 7. The molecule has 31 heavy (non-hydrogen) atoms. The highest BCUT2D eigenvalue weighted by Gasteiger charge is 2.28. The lowest BCUT2D eigenvalue weighted by molar-refractivity contribution is -0.118. The summed E-state index contributed by atoms with van der Waals surface area (Å²) in [5.74, 6) is 0.158. The molecule has 0 bridgehead atoms. The predicted molar refractivity (Wildman–Crippen MR) is 115 cm³/mol. The number of methoxy groups -OCH3 is 2. The first-order valence-electron chi connectivity index (χ1n) is 9.17. The molecule has 1 aliphatic heterocycles. The number of rotatable bonds is 7. The Morgan fingerprint density at radius 3 is 2.61 bits per heavy atom. The number of nitrogens with one attached hydrogen (secondary N) is 2. The van der Waals surface area contributed by atoms with Crippen LogP contribution in [-0.2, 0) is 19.4 Å². The normalized spacial score (nSPS) is 14.0. The molecule has 2 amide bonds. The molecule has 0 unspecified atom stereocenters. The molecule has 11 heteroatoms. The Morgan fingerprint density at radius 1 is 1.23 bits per heavy atom. The van der Waals surface area contributed by atoms with Crippen molar-refractivity contribution in [1.29, 1.82) is 0 Å². The molecule has 0 saturated carbocycles. The lowest BCUT2D eigenvalue weighted by Gasteiger charge is -2.20. The van der Waals surface area contributed by atoms with Gasteiger partial charge in [-0.05, 0) is 31.2 Å². The quantitative estimate of drug-likeness (QED) is 0.641. The smallest absolute Gasteiger partial charge is 0.262 e. The van der Waals surface area contributed by atoms with E-state index in [4.69, 9.17) is 25.8 Å². The zero-order valence-electron chi connectivity index (χ0n) is 17.0. The van der Waals surface area contributed by atoms with Crippen LogP contribution >= 0.6 is 11.6 Å². The van der Waals surface area contributed by atoms with Gasteiger partial charge in [0.25, 0.3) is 5.91 Å². The summed E-state index contributed by atoms with van der Waals surface area (Å²) < 4.78 is 41.5. The zero-order chi connectivity index (χ0) is 22.8. The number of carbonyl (C=O) groups is 2. The topological polar surface area (TPSA) is 120 Å². The fraction of sp³-hybridized carbons (Fsp3) is 0.300. The van der Waals surface area contributed by atoms with Gasteiger partial charge in [-0.3, -0.25) is 9.59 Å². The molecule has 1 atom stereocenters. The van der Waals surface area contributed by atoms with Crippen molar-refractivity contribution in [3.8, 4) is 17.2 Å². The standard InChI is InChI=1S/C20H21ClN2O7S/c1-11(6-19(24)22-15-8-13(21)17(28-2)9-18(15)29-3)31(26,27)12-4-5-16-14(7-12)23-20(25)10-30-16/h4-5,7-9,11H,6,10H2,1-3H3,(H,22,24)(H,23,25)/t11-/m0/s1. The second kappa shape index (κ2) is 9.03.